The average Bonchev–Trinajstić information content (AvgIpc) is 2.72. The van der Waals surface area contributed by atoms with Crippen molar-refractivity contribution in [2.45, 2.75) is 6.92 Å². The summed E-state index contributed by atoms with van der Waals surface area (Å²) in [6, 6.07) is 14.3. The van der Waals surface area contributed by atoms with Crippen LogP contribution in [0.2, 0.25) is 0 Å². The number of nitrogens with one attached hydrogen (secondary N) is 3. The molecule has 2 aromatic carbocycles. The summed E-state index contributed by atoms with van der Waals surface area (Å²) in [6.45, 7) is 5.38. The average molecular weight is 394 g/mol. The molecule has 0 aromatic heterocycles. The van der Waals surface area contributed by atoms with Gasteiger partial charge in [-0.2, -0.15) is 5.10 Å². The molecular weight excluding hydrogens is 372 g/mol. The van der Waals surface area contributed by atoms with E-state index >= 15 is 0 Å². The van der Waals surface area contributed by atoms with E-state index in [9.17, 15) is 14.4 Å². The summed E-state index contributed by atoms with van der Waals surface area (Å²) in [6.07, 6.45) is 2.78. The number of anilines is 1. The van der Waals surface area contributed by atoms with Crippen molar-refractivity contribution in [3.63, 3.8) is 0 Å². The van der Waals surface area contributed by atoms with Gasteiger partial charge in [0.15, 0.2) is 6.61 Å². The minimum atomic E-state index is -0.904. The van der Waals surface area contributed by atoms with Crippen LogP contribution in [0.3, 0.4) is 0 Å². The molecule has 0 radical (unpaired) electrons. The highest BCUT2D eigenvalue weighted by Gasteiger charge is 2.11. The standard InChI is InChI=1S/C21H22N4O4/c1-3-12-22-20(27)21(28)25-23-13-16-6-4-5-7-18(16)29-14-19(26)24-17-10-8-15(2)9-11-17/h3-11,13H,1,12,14H2,2H3,(H,22,27)(H,24,26)(H,25,28)/b23-13-. The Morgan fingerprint density at radius 3 is 2.52 bits per heavy atom. The number of hydrogen-bond acceptors (Lipinski definition) is 5. The zero-order chi connectivity index (χ0) is 21.1. The molecule has 2 rings (SSSR count). The van der Waals surface area contributed by atoms with E-state index < -0.39 is 11.8 Å². The molecular formula is C21H22N4O4. The van der Waals surface area contributed by atoms with Crippen LogP contribution in [0.1, 0.15) is 11.1 Å². The molecule has 150 valence electrons. The molecule has 0 atom stereocenters. The topological polar surface area (TPSA) is 109 Å². The van der Waals surface area contributed by atoms with Gasteiger partial charge in [0.1, 0.15) is 5.75 Å². The lowest BCUT2D eigenvalue weighted by molar-refractivity contribution is -0.139. The first-order valence-electron chi connectivity index (χ1n) is 8.80. The van der Waals surface area contributed by atoms with Crippen LogP contribution in [0.4, 0.5) is 5.69 Å². The normalized spacial score (nSPS) is 10.2. The third-order valence-electron chi connectivity index (χ3n) is 3.60. The summed E-state index contributed by atoms with van der Waals surface area (Å²) in [7, 11) is 0. The van der Waals surface area contributed by atoms with Crippen molar-refractivity contribution in [2.75, 3.05) is 18.5 Å². The zero-order valence-corrected chi connectivity index (χ0v) is 16.0. The van der Waals surface area contributed by atoms with E-state index in [1.54, 1.807) is 24.3 Å². The van der Waals surface area contributed by atoms with Gasteiger partial charge >= 0.3 is 11.8 Å². The van der Waals surface area contributed by atoms with Crippen LogP contribution in [0, 0.1) is 6.92 Å². The van der Waals surface area contributed by atoms with Gasteiger partial charge in [-0.3, -0.25) is 14.4 Å². The maximum Gasteiger partial charge on any atom is 0.329 e. The number of hydrogen-bond donors (Lipinski definition) is 3. The first kappa shape index (κ1) is 21.4. The van der Waals surface area contributed by atoms with Crippen molar-refractivity contribution in [1.29, 1.82) is 0 Å². The Morgan fingerprint density at radius 2 is 1.79 bits per heavy atom. The van der Waals surface area contributed by atoms with Crippen molar-refractivity contribution in [3.05, 3.63) is 72.3 Å². The molecule has 0 bridgehead atoms. The number of carbonyl (C=O) groups is 3. The van der Waals surface area contributed by atoms with Gasteiger partial charge < -0.3 is 15.4 Å². The summed E-state index contributed by atoms with van der Waals surface area (Å²) in [5.74, 6) is -1.63. The third kappa shape index (κ3) is 7.30. The maximum absolute atomic E-state index is 12.1. The summed E-state index contributed by atoms with van der Waals surface area (Å²) in [5, 5.41) is 8.82. The molecule has 8 heteroatoms. The Morgan fingerprint density at radius 1 is 1.07 bits per heavy atom. The smallest absolute Gasteiger partial charge is 0.329 e. The van der Waals surface area contributed by atoms with Crippen LogP contribution in [-0.2, 0) is 14.4 Å². The van der Waals surface area contributed by atoms with E-state index in [2.05, 4.69) is 27.7 Å². The number of rotatable bonds is 8. The van der Waals surface area contributed by atoms with Gasteiger partial charge in [0.05, 0.1) is 6.21 Å². The Kier molecular flexibility index (Phi) is 8.12. The highest BCUT2D eigenvalue weighted by atomic mass is 16.5. The second-order valence-corrected chi connectivity index (χ2v) is 5.94. The van der Waals surface area contributed by atoms with Crippen LogP contribution in [0.5, 0.6) is 5.75 Å². The highest BCUT2D eigenvalue weighted by Crippen LogP contribution is 2.16. The number of hydrazone groups is 1. The third-order valence-corrected chi connectivity index (χ3v) is 3.60. The summed E-state index contributed by atoms with van der Waals surface area (Å²) in [4.78, 5) is 35.1. The second kappa shape index (κ2) is 11.0. The van der Waals surface area contributed by atoms with Gasteiger partial charge in [-0.1, -0.05) is 35.9 Å². The lowest BCUT2D eigenvalue weighted by atomic mass is 10.2. The Balaban J connectivity index is 1.90. The number of amides is 3. The SMILES string of the molecule is C=CCNC(=O)C(=O)N/N=C\c1ccccc1OCC(=O)Nc1ccc(C)cc1. The zero-order valence-electron chi connectivity index (χ0n) is 16.0. The number of aryl methyl sites for hydroxylation is 1. The van der Waals surface area contributed by atoms with Gasteiger partial charge in [0.25, 0.3) is 5.91 Å². The molecule has 0 fully saturated rings. The van der Waals surface area contributed by atoms with E-state index in [1.165, 1.54) is 12.3 Å². The van der Waals surface area contributed by atoms with Crippen LogP contribution in [-0.4, -0.2) is 37.1 Å². The highest BCUT2D eigenvalue weighted by molar-refractivity contribution is 6.35. The van der Waals surface area contributed by atoms with Crippen LogP contribution < -0.4 is 20.8 Å². The quantitative estimate of drug-likeness (QED) is 0.274. The van der Waals surface area contributed by atoms with E-state index in [0.717, 1.165) is 5.56 Å². The van der Waals surface area contributed by atoms with Gasteiger partial charge in [0.2, 0.25) is 0 Å². The van der Waals surface area contributed by atoms with Crippen molar-refractivity contribution in [1.82, 2.24) is 10.7 Å². The first-order chi connectivity index (χ1) is 14.0. The van der Waals surface area contributed by atoms with E-state index in [1.807, 2.05) is 31.2 Å². The van der Waals surface area contributed by atoms with Crippen LogP contribution in [0.15, 0.2) is 66.3 Å². The molecule has 0 saturated carbocycles. The Hall–Kier alpha value is -3.94. The second-order valence-electron chi connectivity index (χ2n) is 5.94. The van der Waals surface area contributed by atoms with E-state index in [-0.39, 0.29) is 19.1 Å². The van der Waals surface area contributed by atoms with Crippen LogP contribution >= 0.6 is 0 Å². The fourth-order valence-corrected chi connectivity index (χ4v) is 2.15. The lowest BCUT2D eigenvalue weighted by Crippen LogP contribution is -2.37. The number of carbonyl (C=O) groups excluding carboxylic acids is 3. The lowest BCUT2D eigenvalue weighted by Gasteiger charge is -2.09. The van der Waals surface area contributed by atoms with Crippen LogP contribution in [0.25, 0.3) is 0 Å². The fourth-order valence-electron chi connectivity index (χ4n) is 2.15. The molecule has 8 nitrogen and oxygen atoms in total. The molecule has 3 N–H and O–H groups in total. The van der Waals surface area contributed by atoms with Crippen molar-refractivity contribution in [3.8, 4) is 5.75 Å². The molecule has 0 aliphatic rings. The minimum Gasteiger partial charge on any atom is -0.483 e. The molecule has 0 spiro atoms. The monoisotopic (exact) mass is 394 g/mol. The molecule has 0 heterocycles. The van der Waals surface area contributed by atoms with Crippen molar-refractivity contribution in [2.24, 2.45) is 5.10 Å². The first-order valence-corrected chi connectivity index (χ1v) is 8.80. The number of benzene rings is 2. The molecule has 29 heavy (non-hydrogen) atoms. The number of para-hydroxylation sites is 1. The maximum atomic E-state index is 12.1. The molecule has 2 aromatic rings. The summed E-state index contributed by atoms with van der Waals surface area (Å²) < 4.78 is 5.55. The Bertz CT molecular complexity index is 907. The van der Waals surface area contributed by atoms with Gasteiger partial charge in [0, 0.05) is 17.8 Å². The molecule has 0 aliphatic heterocycles. The minimum absolute atomic E-state index is 0.178. The predicted molar refractivity (Wildman–Crippen MR) is 111 cm³/mol. The summed E-state index contributed by atoms with van der Waals surface area (Å²) in [5.41, 5.74) is 4.42. The summed E-state index contributed by atoms with van der Waals surface area (Å²) >= 11 is 0. The molecule has 0 unspecified atom stereocenters. The molecule has 0 saturated heterocycles. The van der Waals surface area contributed by atoms with Gasteiger partial charge in [-0.05, 0) is 31.2 Å². The van der Waals surface area contributed by atoms with Crippen molar-refractivity contribution >= 4 is 29.6 Å². The largest absolute Gasteiger partial charge is 0.483 e. The van der Waals surface area contributed by atoms with Gasteiger partial charge in [-0.15, -0.1) is 6.58 Å². The van der Waals surface area contributed by atoms with E-state index in [0.29, 0.717) is 17.0 Å². The molecule has 0 aliphatic carbocycles. The number of nitrogens with zero attached hydrogens (tertiary/aromatic N) is 1. The predicted octanol–water partition coefficient (Wildman–Crippen LogP) is 1.76. The molecule has 3 amide bonds. The van der Waals surface area contributed by atoms with E-state index in [4.69, 9.17) is 4.74 Å². The fraction of sp³-hybridized carbons (Fsp3) is 0.143. The van der Waals surface area contributed by atoms with Crippen molar-refractivity contribution < 1.29 is 19.1 Å². The number of ether oxygens (including phenoxy) is 1. The van der Waals surface area contributed by atoms with Gasteiger partial charge in [-0.25, -0.2) is 5.43 Å². The Labute approximate surface area is 168 Å².